The largest absolute Gasteiger partial charge is 0.496 e. The van der Waals surface area contributed by atoms with Crippen LogP contribution in [0, 0.1) is 12.3 Å². The predicted molar refractivity (Wildman–Crippen MR) is 133 cm³/mol. The first-order valence-electron chi connectivity index (χ1n) is 12.1. The zero-order valence-corrected chi connectivity index (χ0v) is 20.0. The van der Waals surface area contributed by atoms with E-state index in [9.17, 15) is 13.6 Å². The van der Waals surface area contributed by atoms with Crippen molar-refractivity contribution in [2.24, 2.45) is 5.41 Å². The van der Waals surface area contributed by atoms with E-state index < -0.39 is 5.92 Å². The van der Waals surface area contributed by atoms with Crippen LogP contribution >= 0.6 is 0 Å². The molecule has 0 bridgehead atoms. The number of fused-ring (bicyclic) bond motifs is 2. The van der Waals surface area contributed by atoms with Gasteiger partial charge in [-0.3, -0.25) is 9.69 Å². The molecule has 7 heteroatoms. The zero-order valence-electron chi connectivity index (χ0n) is 20.0. The van der Waals surface area contributed by atoms with E-state index in [4.69, 9.17) is 4.74 Å². The van der Waals surface area contributed by atoms with Gasteiger partial charge in [-0.05, 0) is 78.6 Å². The first-order chi connectivity index (χ1) is 16.8. The van der Waals surface area contributed by atoms with Gasteiger partial charge in [0.1, 0.15) is 5.75 Å². The number of aromatic nitrogens is 2. The van der Waals surface area contributed by atoms with Gasteiger partial charge in [0.25, 0.3) is 5.56 Å². The maximum Gasteiger partial charge on any atom is 0.255 e. The fourth-order valence-corrected chi connectivity index (χ4v) is 6.46. The molecule has 3 heterocycles. The number of hydrogen-bond acceptors (Lipinski definition) is 3. The highest BCUT2D eigenvalue weighted by atomic mass is 19.3. The van der Waals surface area contributed by atoms with E-state index in [1.807, 2.05) is 24.4 Å². The van der Waals surface area contributed by atoms with Gasteiger partial charge in [-0.25, -0.2) is 8.78 Å². The fourth-order valence-electron chi connectivity index (χ4n) is 6.46. The van der Waals surface area contributed by atoms with E-state index in [-0.39, 0.29) is 29.9 Å². The highest BCUT2D eigenvalue weighted by Gasteiger charge is 2.58. The monoisotopic (exact) mass is 477 g/mol. The molecule has 1 atom stereocenters. The van der Waals surface area contributed by atoms with Crippen LogP contribution in [0.1, 0.15) is 48.4 Å². The summed E-state index contributed by atoms with van der Waals surface area (Å²) in [6.45, 7) is 3.45. The van der Waals surface area contributed by atoms with E-state index in [1.54, 1.807) is 13.3 Å². The summed E-state index contributed by atoms with van der Waals surface area (Å²) in [6, 6.07) is 11.9. The second-order valence-corrected chi connectivity index (χ2v) is 10.4. The number of methoxy groups -OCH3 is 1. The third-order valence-corrected chi connectivity index (χ3v) is 8.14. The smallest absolute Gasteiger partial charge is 0.255 e. The summed E-state index contributed by atoms with van der Waals surface area (Å²) in [5.41, 5.74) is 3.93. The number of halogens is 2. The molecule has 1 spiro atoms. The van der Waals surface area contributed by atoms with Crippen LogP contribution < -0.4 is 10.3 Å². The number of ether oxygens (including phenoxy) is 1. The first-order valence-corrected chi connectivity index (χ1v) is 12.1. The normalized spacial score (nSPS) is 21.4. The van der Waals surface area contributed by atoms with Gasteiger partial charge in [-0.2, -0.15) is 0 Å². The molecule has 35 heavy (non-hydrogen) atoms. The first kappa shape index (κ1) is 22.3. The molecule has 2 aromatic heterocycles. The van der Waals surface area contributed by atoms with Crippen molar-refractivity contribution in [2.45, 2.75) is 51.1 Å². The molecule has 0 amide bonds. The Bertz CT molecular complexity index is 1480. The van der Waals surface area contributed by atoms with Crippen LogP contribution in [0.2, 0.25) is 0 Å². The van der Waals surface area contributed by atoms with Crippen LogP contribution in [0.5, 0.6) is 5.75 Å². The van der Waals surface area contributed by atoms with Crippen molar-refractivity contribution in [3.05, 3.63) is 75.8 Å². The Labute approximate surface area is 202 Å². The highest BCUT2D eigenvalue weighted by Crippen LogP contribution is 2.60. The number of alkyl halides is 2. The highest BCUT2D eigenvalue weighted by molar-refractivity contribution is 5.88. The molecule has 182 valence electrons. The molecule has 2 N–H and O–H groups in total. The maximum atomic E-state index is 14.0. The Kier molecular flexibility index (Phi) is 5.04. The number of nitrogens with zero attached hydrogens (tertiary/aromatic N) is 1. The molecule has 2 fully saturated rings. The van der Waals surface area contributed by atoms with Gasteiger partial charge in [0.05, 0.1) is 7.11 Å². The minimum Gasteiger partial charge on any atom is -0.496 e. The van der Waals surface area contributed by atoms with Crippen LogP contribution in [0.4, 0.5) is 8.78 Å². The Morgan fingerprint density at radius 3 is 2.66 bits per heavy atom. The van der Waals surface area contributed by atoms with Crippen molar-refractivity contribution >= 4 is 21.7 Å². The molecule has 4 aromatic rings. The molecule has 0 radical (unpaired) electrons. The number of likely N-dealkylation sites (tertiary alicyclic amines) is 1. The topological polar surface area (TPSA) is 61.1 Å². The molecular weight excluding hydrogens is 448 g/mol. The summed E-state index contributed by atoms with van der Waals surface area (Å²) >= 11 is 0. The number of aryl methyl sites for hydroxylation is 1. The van der Waals surface area contributed by atoms with E-state index in [0.29, 0.717) is 18.4 Å². The number of pyridine rings is 1. The van der Waals surface area contributed by atoms with Gasteiger partial charge in [-0.1, -0.05) is 6.07 Å². The SMILES string of the molecule is COc1cc(C)c2[nH]ccc2c1CN1CCC2(C[C@H]1c1ccc3c(=O)[nH]ccc3c1)CC(F)(F)C2. The van der Waals surface area contributed by atoms with Crippen molar-refractivity contribution in [1.29, 1.82) is 0 Å². The third-order valence-electron chi connectivity index (χ3n) is 8.14. The number of hydrogen-bond donors (Lipinski definition) is 2. The Balaban J connectivity index is 1.41. The molecule has 1 saturated carbocycles. The minimum absolute atomic E-state index is 0.0245. The average Bonchev–Trinajstić information content (AvgIpc) is 3.31. The lowest BCUT2D eigenvalue weighted by Crippen LogP contribution is -2.53. The molecule has 2 aromatic carbocycles. The van der Waals surface area contributed by atoms with Crippen LogP contribution in [0.25, 0.3) is 21.7 Å². The van der Waals surface area contributed by atoms with Crippen molar-refractivity contribution < 1.29 is 13.5 Å². The molecule has 5 nitrogen and oxygen atoms in total. The summed E-state index contributed by atoms with van der Waals surface area (Å²) in [4.78, 5) is 20.7. The zero-order chi connectivity index (χ0) is 24.4. The number of aromatic amines is 2. The molecule has 2 aliphatic rings. The van der Waals surface area contributed by atoms with Crippen LogP contribution in [-0.2, 0) is 6.54 Å². The van der Waals surface area contributed by atoms with Gasteiger partial charge >= 0.3 is 0 Å². The number of nitrogens with one attached hydrogen (secondary N) is 2. The number of benzene rings is 2. The molecular formula is C28H29F2N3O2. The van der Waals surface area contributed by atoms with Crippen molar-refractivity contribution in [3.8, 4) is 5.75 Å². The predicted octanol–water partition coefficient (Wildman–Crippen LogP) is 6.08. The van der Waals surface area contributed by atoms with E-state index in [0.717, 1.165) is 51.7 Å². The van der Waals surface area contributed by atoms with Gasteiger partial charge in [0.15, 0.2) is 0 Å². The van der Waals surface area contributed by atoms with Gasteiger partial charge in [0, 0.05) is 59.7 Å². The Morgan fingerprint density at radius 2 is 1.89 bits per heavy atom. The minimum atomic E-state index is -2.55. The summed E-state index contributed by atoms with van der Waals surface area (Å²) in [5.74, 6) is -1.71. The summed E-state index contributed by atoms with van der Waals surface area (Å²) in [6.07, 6.45) is 4.97. The van der Waals surface area contributed by atoms with E-state index >= 15 is 0 Å². The molecule has 1 saturated heterocycles. The van der Waals surface area contributed by atoms with Crippen LogP contribution in [0.15, 0.2) is 53.6 Å². The molecule has 1 aliphatic carbocycles. The van der Waals surface area contributed by atoms with Gasteiger partial charge in [0.2, 0.25) is 5.92 Å². The quantitative estimate of drug-likeness (QED) is 0.375. The van der Waals surface area contributed by atoms with Gasteiger partial charge in [-0.15, -0.1) is 0 Å². The second-order valence-electron chi connectivity index (χ2n) is 10.4. The van der Waals surface area contributed by atoms with E-state index in [1.165, 1.54) is 0 Å². The molecule has 1 aliphatic heterocycles. The average molecular weight is 478 g/mol. The number of H-pyrrole nitrogens is 2. The van der Waals surface area contributed by atoms with Crippen molar-refractivity contribution in [1.82, 2.24) is 14.9 Å². The van der Waals surface area contributed by atoms with Gasteiger partial charge < -0.3 is 14.7 Å². The third kappa shape index (κ3) is 3.73. The second kappa shape index (κ2) is 7.92. The number of rotatable bonds is 4. The summed E-state index contributed by atoms with van der Waals surface area (Å²) < 4.78 is 33.8. The standard InChI is InChI=1S/C28H29F2N3O2/c1-17-11-24(35-2)22(21-6-9-31-25(17)21)14-33-10-7-27(15-28(29,30)16-27)13-23(33)19-3-4-20-18(12-19)5-8-32-26(20)34/h3-6,8-9,11-12,23,31H,7,10,13-16H2,1-2H3,(H,32,34)/t23-/m0/s1. The fraction of sp³-hybridized carbons (Fsp3) is 0.393. The summed E-state index contributed by atoms with van der Waals surface area (Å²) in [7, 11) is 1.69. The lowest BCUT2D eigenvalue weighted by atomic mass is 9.59. The summed E-state index contributed by atoms with van der Waals surface area (Å²) in [5, 5.41) is 2.63. The maximum absolute atomic E-state index is 14.0. The van der Waals surface area contributed by atoms with E-state index in [2.05, 4.69) is 40.0 Å². The molecule has 6 rings (SSSR count). The molecule has 0 unspecified atom stereocenters. The Hall–Kier alpha value is -3.19. The lowest BCUT2D eigenvalue weighted by molar-refractivity contribution is -0.186. The number of piperidine rings is 1. The van der Waals surface area contributed by atoms with Crippen LogP contribution in [-0.4, -0.2) is 34.4 Å². The van der Waals surface area contributed by atoms with Crippen LogP contribution in [0.3, 0.4) is 0 Å². The Morgan fingerprint density at radius 1 is 1.09 bits per heavy atom. The van der Waals surface area contributed by atoms with Crippen molar-refractivity contribution in [3.63, 3.8) is 0 Å². The lowest BCUT2D eigenvalue weighted by Gasteiger charge is -2.54. The van der Waals surface area contributed by atoms with Crippen molar-refractivity contribution in [2.75, 3.05) is 13.7 Å².